The van der Waals surface area contributed by atoms with Gasteiger partial charge in [0.15, 0.2) is 12.6 Å². The molecule has 2 aliphatic heterocycles. The van der Waals surface area contributed by atoms with Crippen LogP contribution in [0.25, 0.3) is 10.4 Å². The fraction of sp³-hybridized carbons (Fsp3) is 0.381. The summed E-state index contributed by atoms with van der Waals surface area (Å²) < 4.78 is 23.4. The zero-order valence-corrected chi connectivity index (χ0v) is 16.3. The predicted molar refractivity (Wildman–Crippen MR) is 106 cm³/mol. The molecule has 2 aromatic carbocycles. The van der Waals surface area contributed by atoms with Gasteiger partial charge >= 0.3 is 0 Å². The van der Waals surface area contributed by atoms with Crippen LogP contribution in [-0.2, 0) is 18.9 Å². The van der Waals surface area contributed by atoms with Crippen LogP contribution in [0.2, 0.25) is 0 Å². The van der Waals surface area contributed by atoms with Crippen molar-refractivity contribution < 1.29 is 23.7 Å². The van der Waals surface area contributed by atoms with Gasteiger partial charge in [0.05, 0.1) is 18.7 Å². The first-order valence-corrected chi connectivity index (χ1v) is 9.61. The minimum Gasteiger partial charge on any atom is -0.354 e. The first-order chi connectivity index (χ1) is 14.7. The van der Waals surface area contributed by atoms with Crippen molar-refractivity contribution in [3.63, 3.8) is 0 Å². The lowest BCUT2D eigenvalue weighted by molar-refractivity contribution is -0.322. The van der Waals surface area contributed by atoms with Gasteiger partial charge in [0.2, 0.25) is 0 Å². The number of hydrogen-bond donors (Lipinski definition) is 1. The van der Waals surface area contributed by atoms with Crippen LogP contribution in [0.15, 0.2) is 65.8 Å². The van der Waals surface area contributed by atoms with Crippen LogP contribution < -0.4 is 5.32 Å². The summed E-state index contributed by atoms with van der Waals surface area (Å²) in [6.45, 7) is 0.237. The van der Waals surface area contributed by atoms with Crippen LogP contribution in [-0.4, -0.2) is 50.2 Å². The molecule has 30 heavy (non-hydrogen) atoms. The summed E-state index contributed by atoms with van der Waals surface area (Å²) in [6.07, 6.45) is -2.57. The van der Waals surface area contributed by atoms with Crippen molar-refractivity contribution in [3.8, 4) is 0 Å². The molecule has 2 fully saturated rings. The molecule has 2 saturated heterocycles. The van der Waals surface area contributed by atoms with Crippen molar-refractivity contribution in [2.24, 2.45) is 5.11 Å². The molecule has 1 unspecified atom stereocenters. The standard InChI is InChI=1S/C21H22N4O5/c1-27-21-17(23-19(26)13-8-4-2-5-9-13)16(24-25-22)18-15(29-21)12-28-20(30-18)14-10-6-3-7-11-14/h2-11,15-18,20-21H,12H2,1H3,(H,23,26)/t15-,16-,17-,18-,20?,21-/m1/s1. The Morgan fingerprint density at radius 3 is 2.50 bits per heavy atom. The number of fused-ring (bicyclic) bond motifs is 1. The van der Waals surface area contributed by atoms with Crippen LogP contribution >= 0.6 is 0 Å². The number of methoxy groups -OCH3 is 1. The van der Waals surface area contributed by atoms with Gasteiger partial charge in [0, 0.05) is 23.1 Å². The van der Waals surface area contributed by atoms with Crippen LogP contribution in [0.5, 0.6) is 0 Å². The molecule has 9 heteroatoms. The average Bonchev–Trinajstić information content (AvgIpc) is 2.81. The summed E-state index contributed by atoms with van der Waals surface area (Å²) in [5.41, 5.74) is 10.5. The van der Waals surface area contributed by atoms with E-state index in [1.54, 1.807) is 24.3 Å². The van der Waals surface area contributed by atoms with Crippen molar-refractivity contribution in [2.75, 3.05) is 13.7 Å². The summed E-state index contributed by atoms with van der Waals surface area (Å²) in [7, 11) is 1.47. The Hall–Kier alpha value is -2.94. The lowest BCUT2D eigenvalue weighted by Crippen LogP contribution is -2.66. The summed E-state index contributed by atoms with van der Waals surface area (Å²) in [5, 5.41) is 6.83. The highest BCUT2D eigenvalue weighted by atomic mass is 16.7. The minimum atomic E-state index is -0.824. The molecule has 0 saturated carbocycles. The molecule has 0 radical (unpaired) electrons. The summed E-state index contributed by atoms with van der Waals surface area (Å²) in [6, 6.07) is 16.7. The molecule has 1 N–H and O–H groups in total. The molecule has 2 heterocycles. The van der Waals surface area contributed by atoms with E-state index in [2.05, 4.69) is 15.3 Å². The fourth-order valence-electron chi connectivity index (χ4n) is 3.75. The Labute approximate surface area is 173 Å². The molecular weight excluding hydrogens is 388 g/mol. The Morgan fingerprint density at radius 1 is 1.13 bits per heavy atom. The number of azide groups is 1. The van der Waals surface area contributed by atoms with Crippen molar-refractivity contribution in [3.05, 3.63) is 82.2 Å². The average molecular weight is 410 g/mol. The third-order valence-corrected chi connectivity index (χ3v) is 5.19. The van der Waals surface area contributed by atoms with Gasteiger partial charge in [-0.05, 0) is 17.7 Å². The van der Waals surface area contributed by atoms with Crippen molar-refractivity contribution in [2.45, 2.75) is 36.9 Å². The molecule has 0 aromatic heterocycles. The van der Waals surface area contributed by atoms with Gasteiger partial charge < -0.3 is 24.3 Å². The molecule has 9 nitrogen and oxygen atoms in total. The van der Waals surface area contributed by atoms with E-state index >= 15 is 0 Å². The quantitative estimate of drug-likeness (QED) is 0.462. The van der Waals surface area contributed by atoms with Crippen LogP contribution in [0.3, 0.4) is 0 Å². The van der Waals surface area contributed by atoms with Crippen LogP contribution in [0.4, 0.5) is 0 Å². The highest BCUT2D eigenvalue weighted by Crippen LogP contribution is 2.35. The van der Waals surface area contributed by atoms with Crippen LogP contribution in [0, 0.1) is 0 Å². The van der Waals surface area contributed by atoms with E-state index in [-0.39, 0.29) is 12.5 Å². The van der Waals surface area contributed by atoms with Gasteiger partial charge in [-0.3, -0.25) is 4.79 Å². The lowest BCUT2D eigenvalue weighted by Gasteiger charge is -2.48. The molecule has 1 amide bonds. The number of nitrogens with zero attached hydrogens (tertiary/aromatic N) is 3. The normalized spacial score (nSPS) is 30.6. The molecule has 0 spiro atoms. The largest absolute Gasteiger partial charge is 0.354 e. The Kier molecular flexibility index (Phi) is 6.27. The maximum Gasteiger partial charge on any atom is 0.251 e. The van der Waals surface area contributed by atoms with Crippen molar-refractivity contribution in [1.29, 1.82) is 0 Å². The van der Waals surface area contributed by atoms with Crippen molar-refractivity contribution in [1.82, 2.24) is 5.32 Å². The monoisotopic (exact) mass is 410 g/mol. The van der Waals surface area contributed by atoms with Gasteiger partial charge in [-0.15, -0.1) is 0 Å². The Morgan fingerprint density at radius 2 is 1.83 bits per heavy atom. The van der Waals surface area contributed by atoms with E-state index in [0.717, 1.165) is 5.56 Å². The Balaban J connectivity index is 1.59. The molecular formula is C21H22N4O5. The predicted octanol–water partition coefficient (Wildman–Crippen LogP) is 2.95. The molecule has 2 aliphatic rings. The number of carbonyl (C=O) groups excluding carboxylic acids is 1. The summed E-state index contributed by atoms with van der Waals surface area (Å²) >= 11 is 0. The van der Waals surface area contributed by atoms with Crippen molar-refractivity contribution >= 4 is 5.91 Å². The van der Waals surface area contributed by atoms with E-state index in [1.807, 2.05) is 36.4 Å². The number of amides is 1. The second-order valence-corrected chi connectivity index (χ2v) is 7.02. The molecule has 2 aromatic rings. The lowest BCUT2D eigenvalue weighted by atomic mass is 9.93. The van der Waals surface area contributed by atoms with Gasteiger partial charge in [-0.1, -0.05) is 53.6 Å². The third kappa shape index (κ3) is 4.16. The third-order valence-electron chi connectivity index (χ3n) is 5.19. The Bertz CT molecular complexity index is 906. The number of benzene rings is 2. The van der Waals surface area contributed by atoms with Gasteiger partial charge in [0.1, 0.15) is 12.2 Å². The first-order valence-electron chi connectivity index (χ1n) is 9.61. The summed E-state index contributed by atoms with van der Waals surface area (Å²) in [5.74, 6) is -0.325. The summed E-state index contributed by atoms with van der Waals surface area (Å²) in [4.78, 5) is 15.7. The SMILES string of the molecule is CO[C@@H]1O[C@@H]2COC(c3ccccc3)O[C@H]2[C@H](N=[N+]=[N-])[C@H]1NC(=O)c1ccccc1. The fourth-order valence-corrected chi connectivity index (χ4v) is 3.75. The maximum absolute atomic E-state index is 12.7. The highest BCUT2D eigenvalue weighted by Gasteiger charge is 2.50. The molecule has 4 rings (SSSR count). The molecule has 156 valence electrons. The number of nitrogens with one attached hydrogen (secondary N) is 1. The number of carbonyl (C=O) groups is 1. The van der Waals surface area contributed by atoms with Gasteiger partial charge in [-0.25, -0.2) is 0 Å². The number of hydrogen-bond acceptors (Lipinski definition) is 6. The number of ether oxygens (including phenoxy) is 4. The molecule has 0 aliphatic carbocycles. The zero-order valence-electron chi connectivity index (χ0n) is 16.3. The molecule has 0 bridgehead atoms. The van der Waals surface area contributed by atoms with E-state index in [1.165, 1.54) is 7.11 Å². The van der Waals surface area contributed by atoms with E-state index in [0.29, 0.717) is 5.56 Å². The second kappa shape index (κ2) is 9.25. The highest BCUT2D eigenvalue weighted by molar-refractivity contribution is 5.94. The van der Waals surface area contributed by atoms with E-state index in [9.17, 15) is 10.3 Å². The van der Waals surface area contributed by atoms with Crippen LogP contribution in [0.1, 0.15) is 22.2 Å². The second-order valence-electron chi connectivity index (χ2n) is 7.02. The maximum atomic E-state index is 12.7. The zero-order chi connectivity index (χ0) is 20.9. The van der Waals surface area contributed by atoms with E-state index in [4.69, 9.17) is 18.9 Å². The van der Waals surface area contributed by atoms with Gasteiger partial charge in [0.25, 0.3) is 5.91 Å². The minimum absolute atomic E-state index is 0.237. The van der Waals surface area contributed by atoms with E-state index < -0.39 is 36.9 Å². The van der Waals surface area contributed by atoms with Gasteiger partial charge in [-0.2, -0.15) is 0 Å². The molecule has 6 atom stereocenters. The first kappa shape index (κ1) is 20.3. The smallest absolute Gasteiger partial charge is 0.251 e. The number of rotatable bonds is 5. The topological polar surface area (TPSA) is 115 Å².